The Balaban J connectivity index is 1.64. The Bertz CT molecular complexity index is 1160. The maximum absolute atomic E-state index is 14.1. The first-order valence-corrected chi connectivity index (χ1v) is 10.2. The van der Waals surface area contributed by atoms with E-state index in [-0.39, 0.29) is 29.4 Å². The number of ether oxygens (including phenoxy) is 1. The van der Waals surface area contributed by atoms with Gasteiger partial charge in [-0.25, -0.2) is 22.7 Å². The molecule has 0 bridgehead atoms. The molecule has 3 aromatic heterocycles. The van der Waals surface area contributed by atoms with E-state index < -0.39 is 24.1 Å². The molecule has 1 aliphatic heterocycles. The first kappa shape index (κ1) is 22.9. The predicted molar refractivity (Wildman–Crippen MR) is 113 cm³/mol. The van der Waals surface area contributed by atoms with Crippen molar-refractivity contribution >= 4 is 17.2 Å². The average Bonchev–Trinajstić information content (AvgIpc) is 3.16. The minimum absolute atomic E-state index is 0.0222. The van der Waals surface area contributed by atoms with Crippen molar-refractivity contribution in [1.29, 1.82) is 0 Å². The number of nitrogens with zero attached hydrogens (tertiary/aromatic N) is 4. The normalized spacial score (nSPS) is 15.5. The molecule has 3 N–H and O–H groups in total. The molecule has 12 heteroatoms. The topological polar surface area (TPSA) is 114 Å². The minimum Gasteiger partial charge on any atom is -0.387 e. The summed E-state index contributed by atoms with van der Waals surface area (Å²) < 4.78 is 46.5. The van der Waals surface area contributed by atoms with E-state index in [0.717, 1.165) is 6.20 Å². The van der Waals surface area contributed by atoms with Crippen LogP contribution in [0.3, 0.4) is 0 Å². The Hall–Kier alpha value is -3.25. The van der Waals surface area contributed by atoms with Crippen molar-refractivity contribution in [2.75, 3.05) is 25.1 Å². The van der Waals surface area contributed by atoms with Gasteiger partial charge in [0.05, 0.1) is 60.7 Å². The van der Waals surface area contributed by atoms with Crippen LogP contribution in [0.1, 0.15) is 36.2 Å². The standard InChI is InChI=1S/C21H23F3N6O3/c1-21(2,32)17(22)8-27-20(31)13-6-25-15(4-14(13)29-12-9-33-10-12)16-7-26-18-3-11(19(23)24)5-28-30(16)18/h3-7,12,17,19,32H,8-10H2,1-2H3,(H,25,29)(H,27,31). The van der Waals surface area contributed by atoms with Gasteiger partial charge in [-0.2, -0.15) is 5.10 Å². The zero-order valence-electron chi connectivity index (χ0n) is 17.9. The SMILES string of the molecule is CC(C)(O)C(F)CNC(=O)c1cnc(-c2cnc3cc(C(F)F)cnn23)cc1NC1COC1. The van der Waals surface area contributed by atoms with E-state index in [1.54, 1.807) is 6.07 Å². The monoisotopic (exact) mass is 464 g/mol. The highest BCUT2D eigenvalue weighted by Crippen LogP contribution is 2.27. The molecule has 1 amide bonds. The Labute approximate surface area is 187 Å². The molecule has 3 aromatic rings. The first-order valence-electron chi connectivity index (χ1n) is 10.2. The number of amides is 1. The number of aliphatic hydroxyl groups is 1. The van der Waals surface area contributed by atoms with Crippen LogP contribution < -0.4 is 10.6 Å². The molecule has 0 spiro atoms. The lowest BCUT2D eigenvalue weighted by Crippen LogP contribution is -2.43. The van der Waals surface area contributed by atoms with Crippen LogP contribution in [-0.2, 0) is 4.74 Å². The van der Waals surface area contributed by atoms with E-state index in [1.165, 1.54) is 36.8 Å². The highest BCUT2D eigenvalue weighted by molar-refractivity contribution is 6.00. The number of alkyl halides is 3. The Kier molecular flexibility index (Phi) is 6.21. The van der Waals surface area contributed by atoms with Gasteiger partial charge in [0.15, 0.2) is 5.65 Å². The number of pyridine rings is 1. The predicted octanol–water partition coefficient (Wildman–Crippen LogP) is 2.38. The van der Waals surface area contributed by atoms with Gasteiger partial charge in [-0.1, -0.05) is 0 Å². The van der Waals surface area contributed by atoms with Crippen molar-refractivity contribution in [3.8, 4) is 11.4 Å². The fraction of sp³-hybridized carbons (Fsp3) is 0.429. The van der Waals surface area contributed by atoms with E-state index in [1.807, 2.05) is 0 Å². The van der Waals surface area contributed by atoms with Crippen LogP contribution in [0.2, 0.25) is 0 Å². The van der Waals surface area contributed by atoms with Gasteiger partial charge in [0.1, 0.15) is 11.9 Å². The minimum atomic E-state index is -2.67. The number of carbonyl (C=O) groups is 1. The fourth-order valence-corrected chi connectivity index (χ4v) is 3.15. The molecule has 33 heavy (non-hydrogen) atoms. The van der Waals surface area contributed by atoms with Crippen LogP contribution in [-0.4, -0.2) is 68.2 Å². The van der Waals surface area contributed by atoms with Gasteiger partial charge in [0.2, 0.25) is 0 Å². The Morgan fingerprint density at radius 1 is 1.24 bits per heavy atom. The summed E-state index contributed by atoms with van der Waals surface area (Å²) in [6.07, 6.45) is -0.484. The molecule has 1 unspecified atom stereocenters. The number of halogens is 3. The molecule has 1 fully saturated rings. The van der Waals surface area contributed by atoms with Gasteiger partial charge in [0, 0.05) is 11.8 Å². The van der Waals surface area contributed by atoms with Gasteiger partial charge in [-0.05, 0) is 26.0 Å². The second-order valence-corrected chi connectivity index (χ2v) is 8.33. The Morgan fingerprint density at radius 2 is 2.00 bits per heavy atom. The van der Waals surface area contributed by atoms with Crippen molar-refractivity contribution in [3.05, 3.63) is 41.9 Å². The molecule has 4 rings (SSSR count). The van der Waals surface area contributed by atoms with E-state index in [9.17, 15) is 23.1 Å². The molecule has 1 aliphatic rings. The molecule has 176 valence electrons. The second-order valence-electron chi connectivity index (χ2n) is 8.33. The molecular formula is C21H23F3N6O3. The van der Waals surface area contributed by atoms with Crippen molar-refractivity contribution in [1.82, 2.24) is 24.9 Å². The highest BCUT2D eigenvalue weighted by Gasteiger charge is 2.28. The van der Waals surface area contributed by atoms with Crippen LogP contribution in [0.4, 0.5) is 18.9 Å². The molecule has 4 heterocycles. The number of anilines is 1. The summed E-state index contributed by atoms with van der Waals surface area (Å²) in [7, 11) is 0. The quantitative estimate of drug-likeness (QED) is 0.469. The number of hydrogen-bond donors (Lipinski definition) is 3. The van der Waals surface area contributed by atoms with Crippen LogP contribution in [0, 0.1) is 0 Å². The largest absolute Gasteiger partial charge is 0.387 e. The number of carbonyl (C=O) groups excluding carboxylic acids is 1. The van der Waals surface area contributed by atoms with Crippen molar-refractivity contribution in [3.63, 3.8) is 0 Å². The maximum Gasteiger partial charge on any atom is 0.265 e. The first-order chi connectivity index (χ1) is 15.6. The number of imidazole rings is 1. The smallest absolute Gasteiger partial charge is 0.265 e. The fourth-order valence-electron chi connectivity index (χ4n) is 3.15. The van der Waals surface area contributed by atoms with E-state index in [2.05, 4.69) is 25.7 Å². The van der Waals surface area contributed by atoms with E-state index in [4.69, 9.17) is 4.74 Å². The number of rotatable bonds is 8. The van der Waals surface area contributed by atoms with Crippen molar-refractivity contribution in [2.24, 2.45) is 0 Å². The molecule has 0 aliphatic carbocycles. The summed E-state index contributed by atoms with van der Waals surface area (Å²) >= 11 is 0. The summed E-state index contributed by atoms with van der Waals surface area (Å²) in [5.41, 5.74) is -0.160. The summed E-state index contributed by atoms with van der Waals surface area (Å²) in [5, 5.41) is 19.4. The molecular weight excluding hydrogens is 441 g/mol. The van der Waals surface area contributed by atoms with Gasteiger partial charge in [0.25, 0.3) is 12.3 Å². The van der Waals surface area contributed by atoms with Crippen molar-refractivity contribution < 1.29 is 27.8 Å². The summed E-state index contributed by atoms with van der Waals surface area (Å²) in [6, 6.07) is 2.83. The van der Waals surface area contributed by atoms with Crippen LogP contribution in [0.25, 0.3) is 17.0 Å². The third kappa shape index (κ3) is 4.91. The lowest BCUT2D eigenvalue weighted by molar-refractivity contribution is -0.00178. The zero-order valence-corrected chi connectivity index (χ0v) is 17.9. The van der Waals surface area contributed by atoms with Crippen LogP contribution in [0.15, 0.2) is 30.7 Å². The van der Waals surface area contributed by atoms with Crippen LogP contribution in [0.5, 0.6) is 0 Å². The number of hydrogen-bond acceptors (Lipinski definition) is 7. The molecule has 9 nitrogen and oxygen atoms in total. The van der Waals surface area contributed by atoms with Crippen molar-refractivity contribution in [2.45, 2.75) is 38.1 Å². The second kappa shape index (κ2) is 8.94. The molecule has 1 atom stereocenters. The van der Waals surface area contributed by atoms with Gasteiger partial charge < -0.3 is 20.5 Å². The zero-order chi connectivity index (χ0) is 23.8. The molecule has 0 radical (unpaired) electrons. The Morgan fingerprint density at radius 3 is 2.64 bits per heavy atom. The van der Waals surface area contributed by atoms with Gasteiger partial charge >= 0.3 is 0 Å². The number of fused-ring (bicyclic) bond motifs is 1. The van der Waals surface area contributed by atoms with Crippen LogP contribution >= 0.6 is 0 Å². The molecule has 1 saturated heterocycles. The summed E-state index contributed by atoms with van der Waals surface area (Å²) in [6.45, 7) is 3.17. The number of nitrogens with one attached hydrogen (secondary N) is 2. The third-order valence-corrected chi connectivity index (χ3v) is 5.25. The molecule has 0 aromatic carbocycles. The van der Waals surface area contributed by atoms with E-state index >= 15 is 0 Å². The number of aromatic nitrogens is 4. The van der Waals surface area contributed by atoms with E-state index in [0.29, 0.717) is 30.3 Å². The lowest BCUT2D eigenvalue weighted by Gasteiger charge is -2.29. The molecule has 0 saturated carbocycles. The highest BCUT2D eigenvalue weighted by atomic mass is 19.3. The summed E-state index contributed by atoms with van der Waals surface area (Å²) in [4.78, 5) is 21.2. The lowest BCUT2D eigenvalue weighted by atomic mass is 10.0. The average molecular weight is 464 g/mol. The van der Waals surface area contributed by atoms with Gasteiger partial charge in [-0.15, -0.1) is 0 Å². The summed E-state index contributed by atoms with van der Waals surface area (Å²) in [5.74, 6) is -0.568. The maximum atomic E-state index is 14.1. The third-order valence-electron chi connectivity index (χ3n) is 5.25. The van der Waals surface area contributed by atoms with Gasteiger partial charge in [-0.3, -0.25) is 9.78 Å².